The van der Waals surface area contributed by atoms with Crippen LogP contribution in [0.5, 0.6) is 0 Å². The third kappa shape index (κ3) is 2.22. The molecule has 0 N–H and O–H groups in total. The maximum absolute atomic E-state index is 13.6. The number of hydrogen-bond acceptors (Lipinski definition) is 2. The van der Waals surface area contributed by atoms with Crippen LogP contribution < -0.4 is 0 Å². The van der Waals surface area contributed by atoms with Gasteiger partial charge in [-0.15, -0.1) is 0 Å². The molecule has 0 radical (unpaired) electrons. The maximum Gasteiger partial charge on any atom is 0.149 e. The molecule has 0 bridgehead atoms. The van der Waals surface area contributed by atoms with Crippen LogP contribution in [0, 0.1) is 11.6 Å². The maximum atomic E-state index is 13.6. The average molecular weight is 257 g/mol. The van der Waals surface area contributed by atoms with Crippen LogP contribution in [-0.2, 0) is 0 Å². The molecule has 5 heteroatoms. The van der Waals surface area contributed by atoms with E-state index in [-0.39, 0.29) is 5.69 Å². The first-order valence-electron chi connectivity index (χ1n) is 5.66. The van der Waals surface area contributed by atoms with Gasteiger partial charge in [-0.05, 0) is 30.3 Å². The lowest BCUT2D eigenvalue weighted by Crippen LogP contribution is -1.99. The van der Waals surface area contributed by atoms with Gasteiger partial charge in [-0.25, -0.2) is 13.5 Å². The Balaban J connectivity index is 2.04. The Labute approximate surface area is 108 Å². The van der Waals surface area contributed by atoms with E-state index in [1.54, 1.807) is 30.6 Å². The summed E-state index contributed by atoms with van der Waals surface area (Å²) in [5, 5.41) is 4.20. The van der Waals surface area contributed by atoms with Crippen molar-refractivity contribution >= 4 is 0 Å². The van der Waals surface area contributed by atoms with E-state index >= 15 is 0 Å². The van der Waals surface area contributed by atoms with E-state index in [1.165, 1.54) is 4.68 Å². The zero-order valence-electron chi connectivity index (χ0n) is 9.79. The molecule has 0 saturated heterocycles. The summed E-state index contributed by atoms with van der Waals surface area (Å²) in [6.45, 7) is 0. The Morgan fingerprint density at radius 2 is 1.84 bits per heavy atom. The number of nitrogens with zero attached hydrogens (tertiary/aromatic N) is 3. The second kappa shape index (κ2) is 4.61. The van der Waals surface area contributed by atoms with Gasteiger partial charge in [0.2, 0.25) is 0 Å². The van der Waals surface area contributed by atoms with Crippen molar-refractivity contribution in [3.63, 3.8) is 0 Å². The normalized spacial score (nSPS) is 10.6. The van der Waals surface area contributed by atoms with Crippen LogP contribution in [0.25, 0.3) is 17.1 Å². The number of benzene rings is 1. The summed E-state index contributed by atoms with van der Waals surface area (Å²) in [5.74, 6) is -1.04. The fourth-order valence-corrected chi connectivity index (χ4v) is 1.77. The first kappa shape index (κ1) is 11.5. The quantitative estimate of drug-likeness (QED) is 0.705. The highest BCUT2D eigenvalue weighted by atomic mass is 19.1. The van der Waals surface area contributed by atoms with Crippen molar-refractivity contribution in [2.45, 2.75) is 0 Å². The highest BCUT2D eigenvalue weighted by Crippen LogP contribution is 2.18. The summed E-state index contributed by atoms with van der Waals surface area (Å²) in [6, 6.07) is 10.4. The van der Waals surface area contributed by atoms with Crippen LogP contribution in [0.15, 0.2) is 54.9 Å². The second-order valence-corrected chi connectivity index (χ2v) is 3.96. The van der Waals surface area contributed by atoms with Gasteiger partial charge in [0.1, 0.15) is 23.0 Å². The molecule has 0 atom stereocenters. The van der Waals surface area contributed by atoms with E-state index in [9.17, 15) is 8.78 Å². The van der Waals surface area contributed by atoms with Crippen molar-refractivity contribution in [2.24, 2.45) is 0 Å². The first-order chi connectivity index (χ1) is 9.24. The molecule has 0 amide bonds. The van der Waals surface area contributed by atoms with Crippen LogP contribution in [0.3, 0.4) is 0 Å². The highest BCUT2D eigenvalue weighted by molar-refractivity contribution is 5.53. The van der Waals surface area contributed by atoms with Gasteiger partial charge in [0.05, 0.1) is 5.69 Å². The molecule has 19 heavy (non-hydrogen) atoms. The third-order valence-electron chi connectivity index (χ3n) is 2.67. The molecule has 1 aromatic carbocycles. The van der Waals surface area contributed by atoms with Gasteiger partial charge in [0.15, 0.2) is 0 Å². The minimum Gasteiger partial charge on any atom is -0.255 e. The zero-order valence-corrected chi connectivity index (χ0v) is 9.79. The van der Waals surface area contributed by atoms with Crippen LogP contribution >= 0.6 is 0 Å². The monoisotopic (exact) mass is 257 g/mol. The Morgan fingerprint density at radius 3 is 2.63 bits per heavy atom. The van der Waals surface area contributed by atoms with Gasteiger partial charge >= 0.3 is 0 Å². The van der Waals surface area contributed by atoms with Gasteiger partial charge in [-0.1, -0.05) is 6.07 Å². The number of pyridine rings is 1. The van der Waals surface area contributed by atoms with Gasteiger partial charge in [-0.3, -0.25) is 4.98 Å². The molecule has 0 aliphatic heterocycles. The lowest BCUT2D eigenvalue weighted by atomic mass is 10.3. The smallest absolute Gasteiger partial charge is 0.149 e. The highest BCUT2D eigenvalue weighted by Gasteiger charge is 2.09. The van der Waals surface area contributed by atoms with Crippen molar-refractivity contribution in [3.8, 4) is 17.1 Å². The van der Waals surface area contributed by atoms with Crippen molar-refractivity contribution in [2.75, 3.05) is 0 Å². The van der Waals surface area contributed by atoms with E-state index < -0.39 is 11.6 Å². The van der Waals surface area contributed by atoms with Gasteiger partial charge in [0.25, 0.3) is 0 Å². The fourth-order valence-electron chi connectivity index (χ4n) is 1.77. The fraction of sp³-hybridized carbons (Fsp3) is 0. The molecule has 2 heterocycles. The molecule has 3 nitrogen and oxygen atoms in total. The van der Waals surface area contributed by atoms with Crippen LogP contribution in [-0.4, -0.2) is 14.8 Å². The summed E-state index contributed by atoms with van der Waals surface area (Å²) < 4.78 is 28.1. The summed E-state index contributed by atoms with van der Waals surface area (Å²) in [4.78, 5) is 4.15. The van der Waals surface area contributed by atoms with Crippen molar-refractivity contribution < 1.29 is 8.78 Å². The van der Waals surface area contributed by atoms with E-state index in [2.05, 4.69) is 10.1 Å². The van der Waals surface area contributed by atoms with Crippen molar-refractivity contribution in [1.29, 1.82) is 0 Å². The molecule has 3 aromatic rings. The second-order valence-electron chi connectivity index (χ2n) is 3.96. The van der Waals surface area contributed by atoms with Gasteiger partial charge in [0, 0.05) is 18.5 Å². The molecule has 3 rings (SSSR count). The summed E-state index contributed by atoms with van der Waals surface area (Å²) in [7, 11) is 0. The Kier molecular flexibility index (Phi) is 2.79. The third-order valence-corrected chi connectivity index (χ3v) is 2.67. The Morgan fingerprint density at radius 1 is 0.947 bits per heavy atom. The molecule has 0 fully saturated rings. The number of rotatable bonds is 2. The molecule has 94 valence electrons. The van der Waals surface area contributed by atoms with E-state index in [0.29, 0.717) is 11.4 Å². The molecular weight excluding hydrogens is 248 g/mol. The summed E-state index contributed by atoms with van der Waals surface area (Å²) in [6.07, 6.45) is 3.22. The summed E-state index contributed by atoms with van der Waals surface area (Å²) >= 11 is 0. The largest absolute Gasteiger partial charge is 0.255 e. The Hall–Kier alpha value is -2.56. The Bertz CT molecular complexity index is 708. The SMILES string of the molecule is Fc1ccc(F)c(-n2ccc(-c3ccccn3)n2)c1. The minimum absolute atomic E-state index is 0.0715. The molecule has 0 spiro atoms. The number of aromatic nitrogens is 3. The molecule has 0 aliphatic rings. The molecular formula is C14H9F2N3. The van der Waals surface area contributed by atoms with Crippen molar-refractivity contribution in [1.82, 2.24) is 14.8 Å². The van der Waals surface area contributed by atoms with E-state index in [4.69, 9.17) is 0 Å². The van der Waals surface area contributed by atoms with Crippen LogP contribution in [0.4, 0.5) is 8.78 Å². The van der Waals surface area contributed by atoms with Crippen LogP contribution in [0.2, 0.25) is 0 Å². The minimum atomic E-state index is -0.530. The predicted octanol–water partition coefficient (Wildman–Crippen LogP) is 3.21. The molecule has 2 aromatic heterocycles. The summed E-state index contributed by atoms with van der Waals surface area (Å²) in [5.41, 5.74) is 1.35. The first-order valence-corrected chi connectivity index (χ1v) is 5.66. The lowest BCUT2D eigenvalue weighted by Gasteiger charge is -2.03. The molecule has 0 aliphatic carbocycles. The average Bonchev–Trinajstić information content (AvgIpc) is 2.92. The van der Waals surface area contributed by atoms with E-state index in [0.717, 1.165) is 18.2 Å². The van der Waals surface area contributed by atoms with Crippen LogP contribution in [0.1, 0.15) is 0 Å². The standard InChI is InChI=1S/C14H9F2N3/c15-10-4-5-11(16)14(9-10)19-8-6-13(18-19)12-3-1-2-7-17-12/h1-9H. The lowest BCUT2D eigenvalue weighted by molar-refractivity contribution is 0.587. The molecule has 0 saturated carbocycles. The van der Waals surface area contributed by atoms with E-state index in [1.807, 2.05) is 6.07 Å². The number of hydrogen-bond donors (Lipinski definition) is 0. The van der Waals surface area contributed by atoms with Gasteiger partial charge in [-0.2, -0.15) is 5.10 Å². The van der Waals surface area contributed by atoms with Crippen molar-refractivity contribution in [3.05, 3.63) is 66.5 Å². The molecule has 0 unspecified atom stereocenters. The zero-order chi connectivity index (χ0) is 13.2. The van der Waals surface area contributed by atoms with Gasteiger partial charge < -0.3 is 0 Å². The predicted molar refractivity (Wildman–Crippen MR) is 66.7 cm³/mol. The number of halogens is 2. The topological polar surface area (TPSA) is 30.7 Å².